The van der Waals surface area contributed by atoms with Gasteiger partial charge in [0.15, 0.2) is 4.34 Å². The highest BCUT2D eigenvalue weighted by molar-refractivity contribution is 8.05. The Kier molecular flexibility index (Phi) is 5.79. The van der Waals surface area contributed by atoms with E-state index in [2.05, 4.69) is 4.98 Å². The molecule has 2 aromatic carbocycles. The Labute approximate surface area is 201 Å². The first kappa shape index (κ1) is 22.2. The van der Waals surface area contributed by atoms with Gasteiger partial charge in [0.2, 0.25) is 5.91 Å². The van der Waals surface area contributed by atoms with Gasteiger partial charge < -0.3 is 9.64 Å². The molecule has 33 heavy (non-hydrogen) atoms. The molecule has 8 nitrogen and oxygen atoms in total. The van der Waals surface area contributed by atoms with E-state index in [1.54, 1.807) is 51.9 Å². The number of nitro groups is 1. The average Bonchev–Trinajstić information content (AvgIpc) is 3.32. The van der Waals surface area contributed by atoms with Crippen molar-refractivity contribution in [2.75, 3.05) is 5.75 Å². The molecule has 2 fully saturated rings. The lowest BCUT2D eigenvalue weighted by Gasteiger charge is -2.37. The third-order valence-electron chi connectivity index (χ3n) is 5.72. The summed E-state index contributed by atoms with van der Waals surface area (Å²) >= 11 is 4.85. The minimum Gasteiger partial charge on any atom is -0.459 e. The van der Waals surface area contributed by atoms with Crippen molar-refractivity contribution in [3.05, 3.63) is 64.2 Å². The highest BCUT2D eigenvalue weighted by atomic mass is 32.2. The monoisotopic (exact) mass is 501 g/mol. The maximum Gasteiger partial charge on any atom is 0.330 e. The lowest BCUT2D eigenvalue weighted by molar-refractivity contribution is -0.384. The van der Waals surface area contributed by atoms with Gasteiger partial charge in [-0.05, 0) is 36.8 Å². The largest absolute Gasteiger partial charge is 0.459 e. The van der Waals surface area contributed by atoms with Crippen LogP contribution in [0.2, 0.25) is 0 Å². The number of hydrogen-bond donors (Lipinski definition) is 0. The van der Waals surface area contributed by atoms with Crippen LogP contribution < -0.4 is 0 Å². The molecule has 0 saturated carbocycles. The zero-order valence-electron chi connectivity index (χ0n) is 17.5. The number of carbonyl (C=O) groups is 2. The maximum atomic E-state index is 13.1. The molecule has 0 bridgehead atoms. The number of β-lactam (4-membered cyclic amide) rings is 1. The minimum atomic E-state index is -0.686. The number of hydrogen-bond acceptors (Lipinski definition) is 9. The second-order valence-corrected chi connectivity index (χ2v) is 12.0. The number of nitro benzene ring substituents is 1. The maximum absolute atomic E-state index is 13.1. The van der Waals surface area contributed by atoms with Crippen molar-refractivity contribution in [1.82, 2.24) is 9.88 Å². The number of para-hydroxylation sites is 1. The van der Waals surface area contributed by atoms with Crippen LogP contribution in [0.15, 0.2) is 52.9 Å². The van der Waals surface area contributed by atoms with Crippen molar-refractivity contribution < 1.29 is 19.2 Å². The van der Waals surface area contributed by atoms with Crippen LogP contribution in [0.3, 0.4) is 0 Å². The molecule has 2 aliphatic rings. The molecule has 3 aromatic rings. The van der Waals surface area contributed by atoms with Gasteiger partial charge in [0.1, 0.15) is 12.6 Å². The summed E-state index contributed by atoms with van der Waals surface area (Å²) in [6, 6.07) is 13.1. The van der Waals surface area contributed by atoms with E-state index in [-0.39, 0.29) is 23.6 Å². The second-order valence-electron chi connectivity index (χ2n) is 8.06. The van der Waals surface area contributed by atoms with Crippen molar-refractivity contribution in [2.24, 2.45) is 0 Å². The molecule has 0 aliphatic carbocycles. The highest BCUT2D eigenvalue weighted by Gasteiger charge is 2.61. The molecule has 5 rings (SSSR count). The fraction of sp³-hybridized carbons (Fsp3) is 0.318. The number of thioether (sulfide) groups is 2. The van der Waals surface area contributed by atoms with Crippen LogP contribution in [-0.2, 0) is 20.9 Å². The molecule has 1 amide bonds. The van der Waals surface area contributed by atoms with E-state index in [0.29, 0.717) is 17.7 Å². The Balaban J connectivity index is 1.29. The van der Waals surface area contributed by atoms with Gasteiger partial charge in [0.05, 0.1) is 31.7 Å². The zero-order valence-corrected chi connectivity index (χ0v) is 20.0. The molecule has 0 spiro atoms. The fourth-order valence-corrected chi connectivity index (χ4v) is 8.12. The molecule has 1 aromatic heterocycles. The van der Waals surface area contributed by atoms with Crippen LogP contribution in [0.25, 0.3) is 10.2 Å². The number of fused-ring (bicyclic) bond motifs is 2. The van der Waals surface area contributed by atoms with Gasteiger partial charge in [-0.25, -0.2) is 9.78 Å². The molecule has 0 N–H and O–H groups in total. The summed E-state index contributed by atoms with van der Waals surface area (Å²) in [6.45, 7) is 1.99. The van der Waals surface area contributed by atoms with Crippen LogP contribution >= 0.6 is 34.9 Å². The molecule has 3 heterocycles. The molecular weight excluding hydrogens is 482 g/mol. The number of nitrogens with zero attached hydrogens (tertiary/aromatic N) is 3. The van der Waals surface area contributed by atoms with Crippen LogP contribution in [0.4, 0.5) is 5.69 Å². The zero-order chi connectivity index (χ0) is 23.2. The minimum absolute atomic E-state index is 0.00815. The number of benzene rings is 2. The van der Waals surface area contributed by atoms with Crippen molar-refractivity contribution in [3.8, 4) is 0 Å². The summed E-state index contributed by atoms with van der Waals surface area (Å²) < 4.78 is 7.09. The number of ether oxygens (including phenoxy) is 1. The Morgan fingerprint density at radius 1 is 1.30 bits per heavy atom. The van der Waals surface area contributed by atoms with Gasteiger partial charge in [-0.2, -0.15) is 0 Å². The van der Waals surface area contributed by atoms with E-state index < -0.39 is 21.7 Å². The molecule has 11 heteroatoms. The van der Waals surface area contributed by atoms with Gasteiger partial charge in [-0.15, -0.1) is 23.1 Å². The smallest absolute Gasteiger partial charge is 0.330 e. The van der Waals surface area contributed by atoms with Crippen LogP contribution in [0, 0.1) is 10.1 Å². The average molecular weight is 502 g/mol. The molecule has 0 unspecified atom stereocenters. The standard InChI is InChI=1S/C22H19N3O5S3/c1-22(12-31-21-23-15-4-2-3-5-16(15)32-21)19(24-17(26)10-18(24)33-22)20(27)30-11-13-6-8-14(9-7-13)25(28)29/h2-9,18-19H,10-12H2,1H3/t18-,19-,22-/m0/s1. The number of aromatic nitrogens is 1. The van der Waals surface area contributed by atoms with E-state index >= 15 is 0 Å². The Morgan fingerprint density at radius 2 is 2.06 bits per heavy atom. The normalized spacial score (nSPS) is 23.9. The number of rotatable bonds is 7. The number of esters is 1. The lowest BCUT2D eigenvalue weighted by atomic mass is 9.98. The number of non-ortho nitro benzene ring substituents is 1. The summed E-state index contributed by atoms with van der Waals surface area (Å²) in [4.78, 5) is 42.1. The van der Waals surface area contributed by atoms with Crippen molar-refractivity contribution >= 4 is 62.6 Å². The van der Waals surface area contributed by atoms with Crippen molar-refractivity contribution in [3.63, 3.8) is 0 Å². The second kappa shape index (κ2) is 8.62. The lowest BCUT2D eigenvalue weighted by Crippen LogP contribution is -2.58. The van der Waals surface area contributed by atoms with E-state index in [1.807, 2.05) is 31.2 Å². The molecule has 170 valence electrons. The third-order valence-corrected chi connectivity index (χ3v) is 9.99. The molecule has 2 saturated heterocycles. The Bertz CT molecular complexity index is 1210. The van der Waals surface area contributed by atoms with E-state index in [1.165, 1.54) is 12.1 Å². The van der Waals surface area contributed by atoms with E-state index in [4.69, 9.17) is 4.74 Å². The topological polar surface area (TPSA) is 103 Å². The summed E-state index contributed by atoms with van der Waals surface area (Å²) in [5.41, 5.74) is 1.58. The summed E-state index contributed by atoms with van der Waals surface area (Å²) in [5.74, 6) is 0.108. The van der Waals surface area contributed by atoms with Crippen LogP contribution in [0.1, 0.15) is 18.9 Å². The summed E-state index contributed by atoms with van der Waals surface area (Å²) in [7, 11) is 0. The van der Waals surface area contributed by atoms with Gasteiger partial charge >= 0.3 is 5.97 Å². The molecular formula is C22H19N3O5S3. The van der Waals surface area contributed by atoms with E-state index in [9.17, 15) is 19.7 Å². The number of amides is 1. The van der Waals surface area contributed by atoms with Gasteiger partial charge in [0, 0.05) is 17.9 Å². The highest BCUT2D eigenvalue weighted by Crippen LogP contribution is 2.53. The first-order valence-electron chi connectivity index (χ1n) is 10.2. The van der Waals surface area contributed by atoms with Crippen LogP contribution in [0.5, 0.6) is 0 Å². The van der Waals surface area contributed by atoms with E-state index in [0.717, 1.165) is 14.6 Å². The predicted molar refractivity (Wildman–Crippen MR) is 128 cm³/mol. The number of thiazole rings is 1. The number of carbonyl (C=O) groups excluding carboxylic acids is 2. The molecule has 2 aliphatic heterocycles. The van der Waals surface area contributed by atoms with Gasteiger partial charge in [-0.3, -0.25) is 14.9 Å². The summed E-state index contributed by atoms with van der Waals surface area (Å²) in [5, 5.41) is 10.8. The van der Waals surface area contributed by atoms with Crippen molar-refractivity contribution in [1.29, 1.82) is 0 Å². The fourth-order valence-electron chi connectivity index (χ4n) is 4.02. The van der Waals surface area contributed by atoms with Crippen molar-refractivity contribution in [2.45, 2.75) is 40.5 Å². The van der Waals surface area contributed by atoms with Gasteiger partial charge in [0.25, 0.3) is 5.69 Å². The molecule has 0 radical (unpaired) electrons. The first-order chi connectivity index (χ1) is 15.8. The predicted octanol–water partition coefficient (Wildman–Crippen LogP) is 4.47. The summed E-state index contributed by atoms with van der Waals surface area (Å²) in [6.07, 6.45) is 0.429. The Hall–Kier alpha value is -2.63. The SMILES string of the molecule is C[C@@]1(CSc2nc3ccccc3s2)S[C@H]2CC(=O)N2[C@H]1C(=O)OCc1ccc([N+](=O)[O-])cc1. The van der Waals surface area contributed by atoms with Crippen LogP contribution in [-0.4, -0.2) is 48.6 Å². The van der Waals surface area contributed by atoms with Gasteiger partial charge in [-0.1, -0.05) is 23.9 Å². The Morgan fingerprint density at radius 3 is 2.76 bits per heavy atom. The quantitative estimate of drug-likeness (QED) is 0.154. The molecule has 3 atom stereocenters. The first-order valence-corrected chi connectivity index (χ1v) is 12.9. The third kappa shape index (κ3) is 4.20.